The molecule has 0 radical (unpaired) electrons. The van der Waals surface area contributed by atoms with E-state index in [0.717, 1.165) is 30.4 Å². The van der Waals surface area contributed by atoms with Crippen molar-refractivity contribution in [2.75, 3.05) is 6.54 Å². The predicted molar refractivity (Wildman–Crippen MR) is 68.2 cm³/mol. The average molecular weight is 235 g/mol. The van der Waals surface area contributed by atoms with Gasteiger partial charge >= 0.3 is 5.69 Å². The Labute approximate surface area is 102 Å². The highest BCUT2D eigenvalue weighted by atomic mass is 16.1. The molecule has 1 atom stereocenters. The summed E-state index contributed by atoms with van der Waals surface area (Å²) in [7, 11) is 0. The highest BCUT2D eigenvalue weighted by molar-refractivity contribution is 5.07. The molecular weight excluding hydrogens is 214 g/mol. The van der Waals surface area contributed by atoms with Gasteiger partial charge < -0.3 is 5.32 Å². The van der Waals surface area contributed by atoms with Crippen molar-refractivity contribution in [2.45, 2.75) is 46.2 Å². The Morgan fingerprint density at radius 3 is 2.76 bits per heavy atom. The molecule has 0 saturated heterocycles. The van der Waals surface area contributed by atoms with E-state index in [1.54, 1.807) is 4.57 Å². The van der Waals surface area contributed by atoms with Gasteiger partial charge in [0.15, 0.2) is 0 Å². The van der Waals surface area contributed by atoms with Crippen LogP contribution in [0.2, 0.25) is 0 Å². The highest BCUT2D eigenvalue weighted by Crippen LogP contribution is 2.33. The van der Waals surface area contributed by atoms with Gasteiger partial charge in [-0.1, -0.05) is 6.92 Å². The molecule has 1 saturated carbocycles. The summed E-state index contributed by atoms with van der Waals surface area (Å²) in [6.45, 7) is 7.65. The van der Waals surface area contributed by atoms with Crippen LogP contribution in [0.15, 0.2) is 10.9 Å². The topological polar surface area (TPSA) is 46.9 Å². The first-order valence-electron chi connectivity index (χ1n) is 6.40. The standard InChI is InChI=1S/C13H21N3O/c1-4-14-12(11-5-6-11)8-16-10(3)7-9(2)15-13(16)17/h7,11-12,14H,4-6,8H2,1-3H3. The third-order valence-corrected chi connectivity index (χ3v) is 3.38. The van der Waals surface area contributed by atoms with Gasteiger partial charge in [0, 0.05) is 24.0 Å². The first-order valence-corrected chi connectivity index (χ1v) is 6.40. The molecule has 1 aromatic rings. The van der Waals surface area contributed by atoms with Gasteiger partial charge in [-0.2, -0.15) is 4.98 Å². The third kappa shape index (κ3) is 2.94. The number of hydrogen-bond donors (Lipinski definition) is 1. The van der Waals surface area contributed by atoms with E-state index in [-0.39, 0.29) is 5.69 Å². The van der Waals surface area contributed by atoms with Crippen molar-refractivity contribution in [3.8, 4) is 0 Å². The average Bonchev–Trinajstić information content (AvgIpc) is 3.05. The first kappa shape index (κ1) is 12.3. The van der Waals surface area contributed by atoms with Gasteiger partial charge in [0.05, 0.1) is 0 Å². The molecule has 1 aliphatic carbocycles. The molecule has 0 aromatic carbocycles. The van der Waals surface area contributed by atoms with Gasteiger partial charge in [-0.3, -0.25) is 4.57 Å². The molecule has 1 fully saturated rings. The number of hydrogen-bond acceptors (Lipinski definition) is 3. The molecule has 17 heavy (non-hydrogen) atoms. The van der Waals surface area contributed by atoms with E-state index >= 15 is 0 Å². The number of aryl methyl sites for hydroxylation is 2. The van der Waals surface area contributed by atoms with Gasteiger partial charge in [0.1, 0.15) is 0 Å². The lowest BCUT2D eigenvalue weighted by molar-refractivity contribution is 0.403. The maximum absolute atomic E-state index is 11.9. The summed E-state index contributed by atoms with van der Waals surface area (Å²) < 4.78 is 1.79. The molecule has 1 unspecified atom stereocenters. The Hall–Kier alpha value is -1.16. The summed E-state index contributed by atoms with van der Waals surface area (Å²) in [5.74, 6) is 0.738. The number of nitrogens with zero attached hydrogens (tertiary/aromatic N) is 2. The van der Waals surface area contributed by atoms with Crippen LogP contribution in [-0.4, -0.2) is 22.1 Å². The molecule has 1 heterocycles. The maximum Gasteiger partial charge on any atom is 0.348 e. The van der Waals surface area contributed by atoms with Crippen molar-refractivity contribution in [1.82, 2.24) is 14.9 Å². The van der Waals surface area contributed by atoms with Crippen LogP contribution in [-0.2, 0) is 6.54 Å². The van der Waals surface area contributed by atoms with Crippen molar-refractivity contribution in [2.24, 2.45) is 5.92 Å². The van der Waals surface area contributed by atoms with Crippen molar-refractivity contribution in [3.05, 3.63) is 27.9 Å². The van der Waals surface area contributed by atoms with Crippen LogP contribution in [0, 0.1) is 19.8 Å². The van der Waals surface area contributed by atoms with Gasteiger partial charge in [-0.05, 0) is 45.2 Å². The molecular formula is C13H21N3O. The van der Waals surface area contributed by atoms with Gasteiger partial charge in [-0.25, -0.2) is 4.79 Å². The van der Waals surface area contributed by atoms with E-state index in [1.807, 2.05) is 19.9 Å². The smallest absolute Gasteiger partial charge is 0.312 e. The number of aromatic nitrogens is 2. The summed E-state index contributed by atoms with van der Waals surface area (Å²) in [6, 6.07) is 2.39. The molecule has 1 aromatic heterocycles. The fourth-order valence-electron chi connectivity index (χ4n) is 2.33. The van der Waals surface area contributed by atoms with Crippen molar-refractivity contribution in [3.63, 3.8) is 0 Å². The summed E-state index contributed by atoms with van der Waals surface area (Å²) in [5, 5.41) is 3.47. The van der Waals surface area contributed by atoms with Crippen LogP contribution < -0.4 is 11.0 Å². The fraction of sp³-hybridized carbons (Fsp3) is 0.692. The lowest BCUT2D eigenvalue weighted by Crippen LogP contribution is -2.39. The van der Waals surface area contributed by atoms with Crippen molar-refractivity contribution >= 4 is 0 Å². The van der Waals surface area contributed by atoms with Crippen molar-refractivity contribution in [1.29, 1.82) is 0 Å². The minimum absolute atomic E-state index is 0.119. The van der Waals surface area contributed by atoms with E-state index in [9.17, 15) is 4.79 Å². The Bertz CT molecular complexity index is 448. The quantitative estimate of drug-likeness (QED) is 0.835. The van der Waals surface area contributed by atoms with E-state index in [1.165, 1.54) is 12.8 Å². The molecule has 1 aliphatic rings. The zero-order valence-electron chi connectivity index (χ0n) is 10.9. The molecule has 2 rings (SSSR count). The second-order valence-electron chi connectivity index (χ2n) is 4.93. The Morgan fingerprint density at radius 1 is 1.53 bits per heavy atom. The lowest BCUT2D eigenvalue weighted by atomic mass is 10.1. The van der Waals surface area contributed by atoms with Crippen LogP contribution in [0.5, 0.6) is 0 Å². The van der Waals surface area contributed by atoms with Crippen LogP contribution in [0.1, 0.15) is 31.2 Å². The number of likely N-dealkylation sites (N-methyl/N-ethyl adjacent to an activating group) is 1. The maximum atomic E-state index is 11.9. The zero-order valence-corrected chi connectivity index (χ0v) is 10.9. The fourth-order valence-corrected chi connectivity index (χ4v) is 2.33. The molecule has 4 nitrogen and oxygen atoms in total. The van der Waals surface area contributed by atoms with E-state index in [0.29, 0.717) is 6.04 Å². The molecule has 1 N–H and O–H groups in total. The normalized spacial score (nSPS) is 17.1. The molecule has 0 spiro atoms. The number of nitrogens with one attached hydrogen (secondary N) is 1. The zero-order chi connectivity index (χ0) is 12.4. The first-order chi connectivity index (χ1) is 8.11. The van der Waals surface area contributed by atoms with Crippen LogP contribution in [0.25, 0.3) is 0 Å². The number of rotatable bonds is 5. The van der Waals surface area contributed by atoms with Gasteiger partial charge in [0.25, 0.3) is 0 Å². The summed E-state index contributed by atoms with van der Waals surface area (Å²) in [6.07, 6.45) is 2.56. The van der Waals surface area contributed by atoms with Crippen molar-refractivity contribution < 1.29 is 0 Å². The second kappa shape index (κ2) is 5.00. The SMILES string of the molecule is CCNC(Cn1c(C)cc(C)nc1=O)C1CC1. The Kier molecular flexibility index (Phi) is 3.62. The minimum atomic E-state index is -0.119. The molecule has 0 amide bonds. The second-order valence-corrected chi connectivity index (χ2v) is 4.93. The predicted octanol–water partition coefficient (Wildman–Crippen LogP) is 1.25. The summed E-state index contributed by atoms with van der Waals surface area (Å²) in [5.41, 5.74) is 1.69. The molecule has 0 bridgehead atoms. The highest BCUT2D eigenvalue weighted by Gasteiger charge is 2.31. The van der Waals surface area contributed by atoms with Gasteiger partial charge in [-0.15, -0.1) is 0 Å². The van der Waals surface area contributed by atoms with Crippen LogP contribution >= 0.6 is 0 Å². The molecule has 4 heteroatoms. The Balaban J connectivity index is 2.19. The summed E-state index contributed by atoms with van der Waals surface area (Å²) >= 11 is 0. The van der Waals surface area contributed by atoms with Gasteiger partial charge in [0.2, 0.25) is 0 Å². The summed E-state index contributed by atoms with van der Waals surface area (Å²) in [4.78, 5) is 15.9. The minimum Gasteiger partial charge on any atom is -0.312 e. The third-order valence-electron chi connectivity index (χ3n) is 3.38. The lowest BCUT2D eigenvalue weighted by Gasteiger charge is -2.19. The van der Waals surface area contributed by atoms with E-state index in [4.69, 9.17) is 0 Å². The van der Waals surface area contributed by atoms with E-state index in [2.05, 4.69) is 17.2 Å². The van der Waals surface area contributed by atoms with E-state index < -0.39 is 0 Å². The Morgan fingerprint density at radius 2 is 2.24 bits per heavy atom. The molecule has 0 aliphatic heterocycles. The molecule has 94 valence electrons. The van der Waals surface area contributed by atoms with Crippen LogP contribution in [0.4, 0.5) is 0 Å². The largest absolute Gasteiger partial charge is 0.348 e. The van der Waals surface area contributed by atoms with Crippen LogP contribution in [0.3, 0.4) is 0 Å². The monoisotopic (exact) mass is 235 g/mol.